The molecule has 3 N–H and O–H groups in total. The first-order valence-electron chi connectivity index (χ1n) is 5.33. The van der Waals surface area contributed by atoms with Crippen LogP contribution in [0.1, 0.15) is 6.42 Å². The van der Waals surface area contributed by atoms with Crippen LogP contribution in [0.5, 0.6) is 0 Å². The Hall–Kier alpha value is -1.43. The van der Waals surface area contributed by atoms with Gasteiger partial charge in [-0.15, -0.1) is 0 Å². The minimum Gasteiger partial charge on any atom is -0.383 e. The average molecular weight is 315 g/mol. The Morgan fingerprint density at radius 3 is 3.00 bits per heavy atom. The lowest BCUT2D eigenvalue weighted by Gasteiger charge is -2.23. The summed E-state index contributed by atoms with van der Waals surface area (Å²) in [5.41, 5.74) is 2.40. The summed E-state index contributed by atoms with van der Waals surface area (Å²) in [4.78, 5) is 10.2. The van der Waals surface area contributed by atoms with Crippen molar-refractivity contribution in [2.24, 2.45) is 5.84 Å². The van der Waals surface area contributed by atoms with E-state index >= 15 is 0 Å². The molecule has 0 spiro atoms. The van der Waals surface area contributed by atoms with E-state index in [0.717, 1.165) is 4.47 Å². The van der Waals surface area contributed by atoms with Gasteiger partial charge < -0.3 is 9.64 Å². The molecule has 0 fully saturated rings. The molecule has 0 atom stereocenters. The number of nitriles is 1. The summed E-state index contributed by atoms with van der Waals surface area (Å²) in [6.07, 6.45) is 2.02. The first kappa shape index (κ1) is 14.6. The van der Waals surface area contributed by atoms with Crippen molar-refractivity contribution in [3.8, 4) is 6.07 Å². The summed E-state index contributed by atoms with van der Waals surface area (Å²) in [5.74, 6) is 6.30. The minimum atomic E-state index is 0.326. The summed E-state index contributed by atoms with van der Waals surface area (Å²) in [6, 6.07) is 2.11. The first-order valence-corrected chi connectivity index (χ1v) is 6.12. The van der Waals surface area contributed by atoms with Gasteiger partial charge in [0.05, 0.1) is 23.6 Å². The maximum absolute atomic E-state index is 8.67. The second-order valence-corrected chi connectivity index (χ2v) is 4.25. The Morgan fingerprint density at radius 1 is 1.61 bits per heavy atom. The van der Waals surface area contributed by atoms with Gasteiger partial charge in [0, 0.05) is 26.4 Å². The molecule has 18 heavy (non-hydrogen) atoms. The fourth-order valence-corrected chi connectivity index (χ4v) is 1.80. The fourth-order valence-electron chi connectivity index (χ4n) is 1.36. The molecular weight excluding hydrogens is 300 g/mol. The van der Waals surface area contributed by atoms with Crippen molar-refractivity contribution < 1.29 is 4.74 Å². The Balaban J connectivity index is 2.91. The molecule has 1 aromatic heterocycles. The molecular formula is C10H15BrN6O. The molecule has 8 heteroatoms. The van der Waals surface area contributed by atoms with E-state index in [1.807, 2.05) is 4.90 Å². The average Bonchev–Trinajstić information content (AvgIpc) is 2.40. The number of anilines is 2. The Labute approximate surface area is 114 Å². The number of aromatic nitrogens is 2. The van der Waals surface area contributed by atoms with Gasteiger partial charge in [0.15, 0.2) is 0 Å². The van der Waals surface area contributed by atoms with Crippen LogP contribution >= 0.6 is 15.9 Å². The van der Waals surface area contributed by atoms with Crippen molar-refractivity contribution in [2.45, 2.75) is 6.42 Å². The van der Waals surface area contributed by atoms with Crippen molar-refractivity contribution in [1.29, 1.82) is 5.26 Å². The smallest absolute Gasteiger partial charge is 0.239 e. The van der Waals surface area contributed by atoms with Crippen LogP contribution in [-0.2, 0) is 4.74 Å². The molecule has 1 heterocycles. The number of nitrogens with two attached hydrogens (primary N) is 1. The van der Waals surface area contributed by atoms with Crippen LogP contribution in [0.4, 0.5) is 11.8 Å². The van der Waals surface area contributed by atoms with E-state index in [0.29, 0.717) is 37.9 Å². The van der Waals surface area contributed by atoms with Gasteiger partial charge in [-0.3, -0.25) is 5.43 Å². The number of nitrogens with one attached hydrogen (secondary N) is 1. The van der Waals surface area contributed by atoms with Gasteiger partial charge in [0.25, 0.3) is 0 Å². The number of methoxy groups -OCH3 is 1. The van der Waals surface area contributed by atoms with Crippen molar-refractivity contribution in [1.82, 2.24) is 9.97 Å². The Bertz CT molecular complexity index is 421. The number of nitrogens with zero attached hydrogens (tertiary/aromatic N) is 4. The summed E-state index contributed by atoms with van der Waals surface area (Å²) in [7, 11) is 1.63. The van der Waals surface area contributed by atoms with E-state index in [1.165, 1.54) is 0 Å². The van der Waals surface area contributed by atoms with Gasteiger partial charge in [0.2, 0.25) is 5.95 Å². The van der Waals surface area contributed by atoms with E-state index < -0.39 is 0 Å². The van der Waals surface area contributed by atoms with Crippen molar-refractivity contribution in [3.63, 3.8) is 0 Å². The molecule has 0 aliphatic carbocycles. The molecule has 0 aliphatic heterocycles. The number of hydrazine groups is 1. The zero-order valence-electron chi connectivity index (χ0n) is 10.1. The lowest BCUT2D eigenvalue weighted by Crippen LogP contribution is -2.30. The van der Waals surface area contributed by atoms with E-state index in [4.69, 9.17) is 15.8 Å². The lowest BCUT2D eigenvalue weighted by atomic mass is 10.4. The molecule has 0 bridgehead atoms. The van der Waals surface area contributed by atoms with E-state index in [-0.39, 0.29) is 0 Å². The van der Waals surface area contributed by atoms with Gasteiger partial charge in [-0.25, -0.2) is 10.8 Å². The zero-order valence-corrected chi connectivity index (χ0v) is 11.6. The molecule has 0 radical (unpaired) electrons. The molecule has 1 rings (SSSR count). The maximum Gasteiger partial charge on any atom is 0.239 e. The number of ether oxygens (including phenoxy) is 1. The third-order valence-corrected chi connectivity index (χ3v) is 2.77. The molecule has 0 aromatic carbocycles. The zero-order chi connectivity index (χ0) is 13.4. The standard InChI is InChI=1S/C10H15BrN6O/c1-18-6-5-17(4-2-3-12)9-8(11)7-14-10(15-9)16-13/h7H,2,4-6,13H2,1H3,(H,14,15,16). The summed E-state index contributed by atoms with van der Waals surface area (Å²) in [5, 5.41) is 8.67. The van der Waals surface area contributed by atoms with Crippen LogP contribution in [0, 0.1) is 11.3 Å². The van der Waals surface area contributed by atoms with Gasteiger partial charge in [0.1, 0.15) is 5.82 Å². The van der Waals surface area contributed by atoms with Crippen molar-refractivity contribution in [2.75, 3.05) is 37.1 Å². The number of nitrogen functional groups attached to an aromatic ring is 1. The molecule has 0 unspecified atom stereocenters. The normalized spacial score (nSPS) is 9.89. The van der Waals surface area contributed by atoms with Crippen LogP contribution in [0.25, 0.3) is 0 Å². The van der Waals surface area contributed by atoms with E-state index in [2.05, 4.69) is 37.4 Å². The minimum absolute atomic E-state index is 0.326. The SMILES string of the molecule is COCCN(CCC#N)c1nc(NN)ncc1Br. The fraction of sp³-hybridized carbons (Fsp3) is 0.500. The molecule has 0 amide bonds. The third-order valence-electron chi connectivity index (χ3n) is 2.21. The summed E-state index contributed by atoms with van der Waals surface area (Å²) >= 11 is 3.39. The second kappa shape index (κ2) is 7.81. The molecule has 0 saturated carbocycles. The van der Waals surface area contributed by atoms with Crippen LogP contribution < -0.4 is 16.2 Å². The van der Waals surface area contributed by atoms with Crippen molar-refractivity contribution >= 4 is 27.7 Å². The number of hydrogen-bond donors (Lipinski definition) is 2. The van der Waals surface area contributed by atoms with Crippen LogP contribution in [0.15, 0.2) is 10.7 Å². The number of halogens is 1. The molecule has 1 aromatic rings. The van der Waals surface area contributed by atoms with Crippen LogP contribution in [-0.4, -0.2) is 36.8 Å². The summed E-state index contributed by atoms with van der Waals surface area (Å²) in [6.45, 7) is 1.75. The molecule has 0 aliphatic rings. The Kier molecular flexibility index (Phi) is 6.35. The van der Waals surface area contributed by atoms with E-state index in [9.17, 15) is 0 Å². The highest BCUT2D eigenvalue weighted by molar-refractivity contribution is 9.10. The molecule has 98 valence electrons. The highest BCUT2D eigenvalue weighted by atomic mass is 79.9. The number of hydrogen-bond acceptors (Lipinski definition) is 7. The second-order valence-electron chi connectivity index (χ2n) is 3.40. The van der Waals surface area contributed by atoms with Gasteiger partial charge in [-0.05, 0) is 15.9 Å². The van der Waals surface area contributed by atoms with Gasteiger partial charge in [-0.1, -0.05) is 0 Å². The van der Waals surface area contributed by atoms with Crippen molar-refractivity contribution in [3.05, 3.63) is 10.7 Å². The quantitative estimate of drug-likeness (QED) is 0.569. The van der Waals surface area contributed by atoms with Gasteiger partial charge >= 0.3 is 0 Å². The van der Waals surface area contributed by atoms with E-state index in [1.54, 1.807) is 13.3 Å². The highest BCUT2D eigenvalue weighted by Gasteiger charge is 2.13. The summed E-state index contributed by atoms with van der Waals surface area (Å²) < 4.78 is 5.79. The third kappa shape index (κ3) is 4.10. The lowest BCUT2D eigenvalue weighted by molar-refractivity contribution is 0.205. The van der Waals surface area contributed by atoms with Crippen LogP contribution in [0.3, 0.4) is 0 Å². The monoisotopic (exact) mass is 314 g/mol. The van der Waals surface area contributed by atoms with Crippen LogP contribution in [0.2, 0.25) is 0 Å². The predicted octanol–water partition coefficient (Wildman–Crippen LogP) is 0.891. The van der Waals surface area contributed by atoms with Gasteiger partial charge in [-0.2, -0.15) is 10.2 Å². The largest absolute Gasteiger partial charge is 0.383 e. The first-order chi connectivity index (χ1) is 8.72. The topological polar surface area (TPSA) is 100 Å². The maximum atomic E-state index is 8.67. The molecule has 7 nitrogen and oxygen atoms in total. The molecule has 0 saturated heterocycles. The predicted molar refractivity (Wildman–Crippen MR) is 71.9 cm³/mol. The highest BCUT2D eigenvalue weighted by Crippen LogP contribution is 2.24. The number of rotatable bonds is 7. The Morgan fingerprint density at radius 2 is 2.39 bits per heavy atom.